The first-order valence-electron chi connectivity index (χ1n) is 4.40. The van der Waals surface area contributed by atoms with E-state index in [1.165, 1.54) is 0 Å². The van der Waals surface area contributed by atoms with Crippen molar-refractivity contribution >= 4 is 17.9 Å². The highest BCUT2D eigenvalue weighted by Crippen LogP contribution is 2.00. The molecule has 0 spiro atoms. The minimum Gasteiger partial charge on any atom is -0.480 e. The lowest BCUT2D eigenvalue weighted by molar-refractivity contribution is -0.140. The van der Waals surface area contributed by atoms with Gasteiger partial charge in [0.05, 0.1) is 6.54 Å². The van der Waals surface area contributed by atoms with Gasteiger partial charge in [-0.15, -0.1) is 0 Å². The number of hydrogen-bond donors (Lipinski definition) is 4. The number of carboxylic acid groups (broad SMARTS) is 1. The molecule has 0 aliphatic rings. The number of urea groups is 1. The third-order valence-electron chi connectivity index (χ3n) is 1.68. The average Bonchev–Trinajstić information content (AvgIpc) is 2.00. The summed E-state index contributed by atoms with van der Waals surface area (Å²) in [6.45, 7) is 3.15. The molecule has 1 atom stereocenters. The van der Waals surface area contributed by atoms with Gasteiger partial charge in [0.25, 0.3) is 0 Å². The van der Waals surface area contributed by atoms with E-state index >= 15 is 0 Å². The summed E-state index contributed by atoms with van der Waals surface area (Å²) in [4.78, 5) is 31.9. The Kier molecular flexibility index (Phi) is 5.32. The Labute approximate surface area is 87.0 Å². The number of carboxylic acids is 1. The molecule has 7 nitrogen and oxygen atoms in total. The van der Waals surface area contributed by atoms with Gasteiger partial charge in [-0.05, 0) is 5.92 Å². The zero-order valence-electron chi connectivity index (χ0n) is 8.61. The van der Waals surface area contributed by atoms with Crippen LogP contribution in [0.2, 0.25) is 0 Å². The third-order valence-corrected chi connectivity index (χ3v) is 1.68. The lowest BCUT2D eigenvalue weighted by Crippen LogP contribution is -2.47. The number of aliphatic carboxylic acids is 1. The molecule has 5 N–H and O–H groups in total. The third kappa shape index (κ3) is 5.63. The topological polar surface area (TPSA) is 122 Å². The first kappa shape index (κ1) is 13.4. The number of imide groups is 1. The zero-order chi connectivity index (χ0) is 12.0. The summed E-state index contributed by atoms with van der Waals surface area (Å²) in [7, 11) is 0. The van der Waals surface area contributed by atoms with Crippen molar-refractivity contribution in [2.45, 2.75) is 19.9 Å². The van der Waals surface area contributed by atoms with E-state index in [1.54, 1.807) is 13.8 Å². The molecule has 0 aliphatic carbocycles. The molecule has 0 aromatic heterocycles. The molecular formula is C8H15N3O4. The van der Waals surface area contributed by atoms with E-state index < -0.39 is 23.9 Å². The van der Waals surface area contributed by atoms with Crippen molar-refractivity contribution in [3.8, 4) is 0 Å². The number of amides is 3. The van der Waals surface area contributed by atoms with Crippen molar-refractivity contribution in [2.24, 2.45) is 11.7 Å². The van der Waals surface area contributed by atoms with Gasteiger partial charge in [0.15, 0.2) is 0 Å². The van der Waals surface area contributed by atoms with Crippen LogP contribution in [0.4, 0.5) is 4.79 Å². The van der Waals surface area contributed by atoms with Crippen molar-refractivity contribution in [2.75, 3.05) is 6.54 Å². The number of carbonyl (C=O) groups excluding carboxylic acids is 2. The van der Waals surface area contributed by atoms with E-state index in [1.807, 2.05) is 5.32 Å². The summed E-state index contributed by atoms with van der Waals surface area (Å²) in [6.07, 6.45) is 0. The molecule has 0 aromatic rings. The Morgan fingerprint density at radius 2 is 1.87 bits per heavy atom. The molecule has 0 bridgehead atoms. The number of nitrogens with one attached hydrogen (secondary N) is 2. The van der Waals surface area contributed by atoms with Crippen molar-refractivity contribution in [3.05, 3.63) is 0 Å². The van der Waals surface area contributed by atoms with Crippen LogP contribution in [0.5, 0.6) is 0 Å². The van der Waals surface area contributed by atoms with Gasteiger partial charge in [0.1, 0.15) is 6.04 Å². The van der Waals surface area contributed by atoms with E-state index in [9.17, 15) is 14.4 Å². The van der Waals surface area contributed by atoms with Gasteiger partial charge in [-0.25, -0.2) is 4.79 Å². The Morgan fingerprint density at radius 3 is 2.20 bits per heavy atom. The molecule has 0 saturated heterocycles. The first-order valence-corrected chi connectivity index (χ1v) is 4.40. The van der Waals surface area contributed by atoms with Gasteiger partial charge in [-0.1, -0.05) is 13.8 Å². The van der Waals surface area contributed by atoms with Gasteiger partial charge in [0, 0.05) is 0 Å². The SMILES string of the molecule is CC(C)C(NCC(=O)NC(N)=O)C(=O)O. The highest BCUT2D eigenvalue weighted by molar-refractivity contribution is 5.94. The highest BCUT2D eigenvalue weighted by Gasteiger charge is 2.21. The molecule has 0 heterocycles. The van der Waals surface area contributed by atoms with Crippen LogP contribution in [0.1, 0.15) is 13.8 Å². The van der Waals surface area contributed by atoms with E-state index in [2.05, 4.69) is 5.32 Å². The summed E-state index contributed by atoms with van der Waals surface area (Å²) < 4.78 is 0. The molecule has 15 heavy (non-hydrogen) atoms. The second kappa shape index (κ2) is 5.97. The van der Waals surface area contributed by atoms with E-state index in [4.69, 9.17) is 10.8 Å². The van der Waals surface area contributed by atoms with Crippen molar-refractivity contribution in [1.29, 1.82) is 0 Å². The van der Waals surface area contributed by atoms with Crippen molar-refractivity contribution in [1.82, 2.24) is 10.6 Å². The number of rotatable bonds is 5. The normalized spacial score (nSPS) is 12.2. The fourth-order valence-corrected chi connectivity index (χ4v) is 0.992. The summed E-state index contributed by atoms with van der Waals surface area (Å²) in [5, 5.41) is 13.1. The quantitative estimate of drug-likeness (QED) is 0.464. The lowest BCUT2D eigenvalue weighted by atomic mass is 10.1. The molecule has 0 saturated carbocycles. The van der Waals surface area contributed by atoms with Gasteiger partial charge >= 0.3 is 12.0 Å². The Hall–Kier alpha value is -1.63. The number of hydrogen-bond acceptors (Lipinski definition) is 4. The first-order chi connectivity index (χ1) is 6.84. The zero-order valence-corrected chi connectivity index (χ0v) is 8.61. The Bertz CT molecular complexity index is 265. The van der Waals surface area contributed by atoms with Gasteiger partial charge < -0.3 is 10.8 Å². The smallest absolute Gasteiger partial charge is 0.320 e. The van der Waals surface area contributed by atoms with Crippen molar-refractivity contribution in [3.63, 3.8) is 0 Å². The second-order valence-corrected chi connectivity index (χ2v) is 3.35. The van der Waals surface area contributed by atoms with E-state index in [0.717, 1.165) is 0 Å². The Balaban J connectivity index is 4.06. The highest BCUT2D eigenvalue weighted by atomic mass is 16.4. The molecule has 1 unspecified atom stereocenters. The van der Waals surface area contributed by atoms with Crippen LogP contribution in [0.3, 0.4) is 0 Å². The monoisotopic (exact) mass is 217 g/mol. The number of carbonyl (C=O) groups is 3. The standard InChI is InChI=1S/C8H15N3O4/c1-4(2)6(7(13)14)10-3-5(12)11-8(9)15/h4,6,10H,3H2,1-2H3,(H,13,14)(H3,9,11,12,15). The molecular weight excluding hydrogens is 202 g/mol. The fraction of sp³-hybridized carbons (Fsp3) is 0.625. The van der Waals surface area contributed by atoms with Gasteiger partial charge in [-0.2, -0.15) is 0 Å². The van der Waals surface area contributed by atoms with Crippen LogP contribution in [0, 0.1) is 5.92 Å². The van der Waals surface area contributed by atoms with E-state index in [0.29, 0.717) is 0 Å². The summed E-state index contributed by atoms with van der Waals surface area (Å²) in [5.41, 5.74) is 4.70. The predicted octanol–water partition coefficient (Wildman–Crippen LogP) is -1.12. The molecule has 0 fully saturated rings. The fourth-order valence-electron chi connectivity index (χ4n) is 0.992. The van der Waals surface area contributed by atoms with Crippen LogP contribution in [0.15, 0.2) is 0 Å². The molecule has 7 heteroatoms. The minimum absolute atomic E-state index is 0.163. The molecule has 0 aliphatic heterocycles. The summed E-state index contributed by atoms with van der Waals surface area (Å²) >= 11 is 0. The maximum absolute atomic E-state index is 10.9. The molecule has 0 aromatic carbocycles. The molecule has 0 rings (SSSR count). The van der Waals surface area contributed by atoms with Crippen LogP contribution in [-0.4, -0.2) is 35.6 Å². The van der Waals surface area contributed by atoms with Crippen LogP contribution in [-0.2, 0) is 9.59 Å². The minimum atomic E-state index is -1.04. The average molecular weight is 217 g/mol. The van der Waals surface area contributed by atoms with Gasteiger partial charge in [0.2, 0.25) is 5.91 Å². The summed E-state index contributed by atoms with van der Waals surface area (Å²) in [6, 6.07) is -1.79. The number of primary amides is 1. The van der Waals surface area contributed by atoms with Crippen LogP contribution >= 0.6 is 0 Å². The molecule has 86 valence electrons. The van der Waals surface area contributed by atoms with E-state index in [-0.39, 0.29) is 12.5 Å². The lowest BCUT2D eigenvalue weighted by Gasteiger charge is -2.17. The predicted molar refractivity (Wildman–Crippen MR) is 52.0 cm³/mol. The molecule has 3 amide bonds. The maximum atomic E-state index is 10.9. The van der Waals surface area contributed by atoms with Crippen LogP contribution < -0.4 is 16.4 Å². The van der Waals surface area contributed by atoms with Crippen LogP contribution in [0.25, 0.3) is 0 Å². The van der Waals surface area contributed by atoms with Gasteiger partial charge in [-0.3, -0.25) is 20.2 Å². The maximum Gasteiger partial charge on any atom is 0.320 e. The second-order valence-electron chi connectivity index (χ2n) is 3.35. The van der Waals surface area contributed by atoms with Crippen molar-refractivity contribution < 1.29 is 19.5 Å². The largest absolute Gasteiger partial charge is 0.480 e. The Morgan fingerprint density at radius 1 is 1.33 bits per heavy atom. The number of nitrogens with two attached hydrogens (primary N) is 1. The summed E-state index contributed by atoms with van der Waals surface area (Å²) in [5.74, 6) is -1.87. The molecule has 0 radical (unpaired) electrons.